The topological polar surface area (TPSA) is 82.1 Å². The van der Waals surface area contributed by atoms with Gasteiger partial charge in [0, 0.05) is 12.6 Å². The van der Waals surface area contributed by atoms with E-state index in [1.807, 2.05) is 0 Å². The third-order valence-electron chi connectivity index (χ3n) is 2.59. The summed E-state index contributed by atoms with van der Waals surface area (Å²) < 4.78 is 0. The first kappa shape index (κ1) is 13.3. The molecule has 0 spiro atoms. The molecule has 1 aromatic rings. The average Bonchev–Trinajstić information content (AvgIpc) is 2.35. The molecule has 6 nitrogen and oxygen atoms in total. The van der Waals surface area contributed by atoms with E-state index in [2.05, 4.69) is 25.9 Å². The molecular weight excluding hydrogens is 274 g/mol. The van der Waals surface area contributed by atoms with Gasteiger partial charge in [-0.25, -0.2) is 9.97 Å². The number of hydrogen-bond acceptors (Lipinski definition) is 5. The minimum absolute atomic E-state index is 0.156. The molecule has 1 fully saturated rings. The molecule has 18 heavy (non-hydrogen) atoms. The Bertz CT molecular complexity index is 438. The van der Waals surface area contributed by atoms with Crippen LogP contribution in [0.3, 0.4) is 0 Å². The van der Waals surface area contributed by atoms with Crippen molar-refractivity contribution in [2.45, 2.75) is 18.9 Å². The van der Waals surface area contributed by atoms with Crippen LogP contribution in [0.15, 0.2) is 6.20 Å². The second-order valence-corrected chi connectivity index (χ2v) is 4.80. The van der Waals surface area contributed by atoms with Gasteiger partial charge in [-0.3, -0.25) is 0 Å². The van der Waals surface area contributed by atoms with E-state index < -0.39 is 0 Å². The van der Waals surface area contributed by atoms with E-state index in [4.69, 9.17) is 23.8 Å². The minimum atomic E-state index is -0.231. The lowest BCUT2D eigenvalue weighted by Crippen LogP contribution is -2.47. The molecule has 0 radical (unpaired) electrons. The highest BCUT2D eigenvalue weighted by Crippen LogP contribution is 2.18. The summed E-state index contributed by atoms with van der Waals surface area (Å²) in [5.41, 5.74) is 0. The number of aromatic nitrogens is 2. The van der Waals surface area contributed by atoms with Gasteiger partial charge in [0.05, 0.1) is 6.20 Å². The summed E-state index contributed by atoms with van der Waals surface area (Å²) in [6.07, 6.45) is 3.44. The SMILES string of the molecule is Oc1ncc(Cl)nc1NC(=S)NC1CCCNC1. The minimum Gasteiger partial charge on any atom is -0.491 e. The van der Waals surface area contributed by atoms with Crippen LogP contribution in [0.2, 0.25) is 5.15 Å². The largest absolute Gasteiger partial charge is 0.491 e. The first-order valence-electron chi connectivity index (χ1n) is 5.65. The summed E-state index contributed by atoms with van der Waals surface area (Å²) in [5.74, 6) is -0.0749. The van der Waals surface area contributed by atoms with Crippen molar-refractivity contribution < 1.29 is 5.11 Å². The molecule has 0 amide bonds. The van der Waals surface area contributed by atoms with Gasteiger partial charge in [0.2, 0.25) is 0 Å². The molecule has 0 bridgehead atoms. The number of nitrogens with zero attached hydrogens (tertiary/aromatic N) is 2. The van der Waals surface area contributed by atoms with Crippen LogP contribution in [0, 0.1) is 0 Å². The zero-order valence-electron chi connectivity index (χ0n) is 9.61. The highest BCUT2D eigenvalue weighted by Gasteiger charge is 2.14. The second kappa shape index (κ2) is 6.12. The Labute approximate surface area is 115 Å². The van der Waals surface area contributed by atoms with Crippen LogP contribution in [-0.4, -0.2) is 39.3 Å². The Hall–Kier alpha value is -1.18. The zero-order chi connectivity index (χ0) is 13.0. The zero-order valence-corrected chi connectivity index (χ0v) is 11.2. The summed E-state index contributed by atoms with van der Waals surface area (Å²) in [5, 5.41) is 19.3. The van der Waals surface area contributed by atoms with Crippen molar-refractivity contribution in [2.24, 2.45) is 0 Å². The van der Waals surface area contributed by atoms with Crippen LogP contribution in [0.5, 0.6) is 5.88 Å². The van der Waals surface area contributed by atoms with E-state index in [0.29, 0.717) is 5.11 Å². The van der Waals surface area contributed by atoms with Crippen LogP contribution in [0.25, 0.3) is 0 Å². The van der Waals surface area contributed by atoms with E-state index in [1.54, 1.807) is 0 Å². The highest BCUT2D eigenvalue weighted by atomic mass is 35.5. The molecule has 1 aliphatic rings. The first-order chi connectivity index (χ1) is 8.65. The van der Waals surface area contributed by atoms with Crippen LogP contribution < -0.4 is 16.0 Å². The summed E-state index contributed by atoms with van der Waals surface area (Å²) in [6.45, 7) is 1.91. The number of nitrogens with one attached hydrogen (secondary N) is 3. The quantitative estimate of drug-likeness (QED) is 0.601. The van der Waals surface area contributed by atoms with Gasteiger partial charge in [-0.2, -0.15) is 0 Å². The number of piperidine rings is 1. The van der Waals surface area contributed by atoms with Gasteiger partial charge in [0.25, 0.3) is 5.88 Å². The van der Waals surface area contributed by atoms with Gasteiger partial charge in [0.1, 0.15) is 5.15 Å². The van der Waals surface area contributed by atoms with Crippen molar-refractivity contribution in [3.8, 4) is 5.88 Å². The molecule has 1 aliphatic heterocycles. The van der Waals surface area contributed by atoms with E-state index >= 15 is 0 Å². The maximum absolute atomic E-state index is 9.50. The summed E-state index contributed by atoms with van der Waals surface area (Å²) in [7, 11) is 0. The van der Waals surface area contributed by atoms with Crippen molar-refractivity contribution in [1.82, 2.24) is 20.6 Å². The van der Waals surface area contributed by atoms with Crippen molar-refractivity contribution in [3.05, 3.63) is 11.3 Å². The van der Waals surface area contributed by atoms with Crippen molar-refractivity contribution in [3.63, 3.8) is 0 Å². The van der Waals surface area contributed by atoms with Gasteiger partial charge in [-0.1, -0.05) is 11.6 Å². The van der Waals surface area contributed by atoms with Crippen molar-refractivity contribution >= 4 is 34.7 Å². The van der Waals surface area contributed by atoms with Gasteiger partial charge in [0.15, 0.2) is 10.9 Å². The molecule has 2 heterocycles. The normalized spacial score (nSPS) is 19.3. The van der Waals surface area contributed by atoms with E-state index in [9.17, 15) is 5.11 Å². The summed E-state index contributed by atoms with van der Waals surface area (Å²) in [6, 6.07) is 0.285. The van der Waals surface area contributed by atoms with Crippen LogP contribution in [0.1, 0.15) is 12.8 Å². The molecular formula is C10H14ClN5OS. The Kier molecular flexibility index (Phi) is 4.51. The molecule has 1 unspecified atom stereocenters. The van der Waals surface area contributed by atoms with E-state index in [1.165, 1.54) is 6.20 Å². The summed E-state index contributed by atoms with van der Waals surface area (Å²) in [4.78, 5) is 7.58. The Morgan fingerprint density at radius 2 is 2.44 bits per heavy atom. The number of anilines is 1. The van der Waals surface area contributed by atoms with Crippen LogP contribution >= 0.6 is 23.8 Å². The standard InChI is InChI=1S/C10H14ClN5OS/c11-7-5-13-9(17)8(15-7)16-10(18)14-6-2-1-3-12-4-6/h5-6,12H,1-4H2,(H,13,17)(H2,14,15,16,18). The number of thiocarbonyl (C=S) groups is 1. The summed E-state index contributed by atoms with van der Waals surface area (Å²) >= 11 is 10.8. The molecule has 0 saturated carbocycles. The lowest BCUT2D eigenvalue weighted by Gasteiger charge is -2.25. The van der Waals surface area contributed by atoms with Gasteiger partial charge in [-0.05, 0) is 31.6 Å². The smallest absolute Gasteiger partial charge is 0.255 e. The van der Waals surface area contributed by atoms with E-state index in [0.717, 1.165) is 25.9 Å². The first-order valence-corrected chi connectivity index (χ1v) is 6.43. The maximum atomic E-state index is 9.50. The molecule has 98 valence electrons. The molecule has 8 heteroatoms. The lowest BCUT2D eigenvalue weighted by molar-refractivity contribution is 0.432. The third kappa shape index (κ3) is 3.66. The number of rotatable bonds is 2. The molecule has 2 rings (SSSR count). The number of hydrogen-bond donors (Lipinski definition) is 4. The van der Waals surface area contributed by atoms with Crippen molar-refractivity contribution in [2.75, 3.05) is 18.4 Å². The fraction of sp³-hybridized carbons (Fsp3) is 0.500. The monoisotopic (exact) mass is 287 g/mol. The highest BCUT2D eigenvalue weighted by molar-refractivity contribution is 7.80. The van der Waals surface area contributed by atoms with Crippen LogP contribution in [0.4, 0.5) is 5.82 Å². The Morgan fingerprint density at radius 1 is 1.61 bits per heavy atom. The number of halogens is 1. The Balaban J connectivity index is 1.92. The molecule has 1 aromatic heterocycles. The Morgan fingerprint density at radius 3 is 3.17 bits per heavy atom. The fourth-order valence-electron chi connectivity index (χ4n) is 1.75. The molecule has 0 aliphatic carbocycles. The third-order valence-corrected chi connectivity index (χ3v) is 2.99. The molecule has 4 N–H and O–H groups in total. The van der Waals surface area contributed by atoms with Gasteiger partial charge >= 0.3 is 0 Å². The van der Waals surface area contributed by atoms with Crippen LogP contribution in [-0.2, 0) is 0 Å². The molecule has 1 atom stereocenters. The molecule has 1 saturated heterocycles. The second-order valence-electron chi connectivity index (χ2n) is 4.01. The number of aromatic hydroxyl groups is 1. The fourth-order valence-corrected chi connectivity index (χ4v) is 2.15. The lowest BCUT2D eigenvalue weighted by atomic mass is 10.1. The molecule has 0 aromatic carbocycles. The predicted octanol–water partition coefficient (Wildman–Crippen LogP) is 0.874. The van der Waals surface area contributed by atoms with Gasteiger partial charge < -0.3 is 21.1 Å². The van der Waals surface area contributed by atoms with Crippen molar-refractivity contribution in [1.29, 1.82) is 0 Å². The average molecular weight is 288 g/mol. The predicted molar refractivity (Wildman–Crippen MR) is 74.0 cm³/mol. The van der Waals surface area contributed by atoms with Gasteiger partial charge in [-0.15, -0.1) is 0 Å². The maximum Gasteiger partial charge on any atom is 0.255 e. The van der Waals surface area contributed by atoms with E-state index in [-0.39, 0.29) is 22.9 Å².